The Morgan fingerprint density at radius 1 is 0.392 bits per heavy atom. The molecular formula is C49H40N2. The van der Waals surface area contributed by atoms with Crippen LogP contribution in [0.25, 0.3) is 59.7 Å². The SMILES string of the molecule is CN1c2ccccc2C=Cc2ccc(C=Cc3ccc4c(c3)C(C)(C)c3cc(C=Cc5ccc6c(c5)N(C)c5ccccc5C=C6)ccc3-4)cc21. The Morgan fingerprint density at radius 3 is 1.18 bits per heavy atom. The first-order chi connectivity index (χ1) is 24.8. The summed E-state index contributed by atoms with van der Waals surface area (Å²) >= 11 is 0. The van der Waals surface area contributed by atoms with Gasteiger partial charge in [0.2, 0.25) is 0 Å². The summed E-state index contributed by atoms with van der Waals surface area (Å²) in [5.41, 5.74) is 19.9. The van der Waals surface area contributed by atoms with Crippen molar-refractivity contribution in [2.45, 2.75) is 19.3 Å². The smallest absolute Gasteiger partial charge is 0.0487 e. The van der Waals surface area contributed by atoms with Crippen LogP contribution in [0.15, 0.2) is 121 Å². The molecule has 2 heterocycles. The highest BCUT2D eigenvalue weighted by Crippen LogP contribution is 2.49. The quantitative estimate of drug-likeness (QED) is 0.174. The summed E-state index contributed by atoms with van der Waals surface area (Å²) < 4.78 is 0. The molecule has 6 aromatic rings. The highest BCUT2D eigenvalue weighted by Gasteiger charge is 2.35. The minimum absolute atomic E-state index is 0.0998. The van der Waals surface area contributed by atoms with Crippen molar-refractivity contribution in [2.75, 3.05) is 23.9 Å². The number of hydrogen-bond acceptors (Lipinski definition) is 2. The van der Waals surface area contributed by atoms with E-state index >= 15 is 0 Å². The molecule has 2 nitrogen and oxygen atoms in total. The second-order valence-electron chi connectivity index (χ2n) is 14.4. The van der Waals surface area contributed by atoms with E-state index in [9.17, 15) is 0 Å². The minimum atomic E-state index is -0.0998. The zero-order chi connectivity index (χ0) is 34.7. The summed E-state index contributed by atoms with van der Waals surface area (Å²) in [7, 11) is 4.31. The molecule has 2 heteroatoms. The van der Waals surface area contributed by atoms with Gasteiger partial charge in [-0.2, -0.15) is 0 Å². The van der Waals surface area contributed by atoms with Gasteiger partial charge >= 0.3 is 0 Å². The molecule has 0 aromatic heterocycles. The first kappa shape index (κ1) is 30.9. The molecule has 0 saturated heterocycles. The van der Waals surface area contributed by atoms with Crippen LogP contribution in [0.1, 0.15) is 69.5 Å². The molecule has 0 atom stereocenters. The highest BCUT2D eigenvalue weighted by molar-refractivity contribution is 5.92. The van der Waals surface area contributed by atoms with Gasteiger partial charge in [0.15, 0.2) is 0 Å². The maximum atomic E-state index is 2.38. The summed E-state index contributed by atoms with van der Waals surface area (Å²) in [4.78, 5) is 4.59. The van der Waals surface area contributed by atoms with E-state index in [-0.39, 0.29) is 5.41 Å². The Kier molecular flexibility index (Phi) is 7.29. The van der Waals surface area contributed by atoms with Crippen LogP contribution in [0.2, 0.25) is 0 Å². The third kappa shape index (κ3) is 5.36. The second-order valence-corrected chi connectivity index (χ2v) is 14.4. The van der Waals surface area contributed by atoms with Crippen molar-refractivity contribution in [2.24, 2.45) is 0 Å². The number of hydrogen-bond donors (Lipinski definition) is 0. The Hall–Kier alpha value is -6.12. The fourth-order valence-electron chi connectivity index (χ4n) is 8.04. The Labute approximate surface area is 301 Å². The topological polar surface area (TPSA) is 6.48 Å². The van der Waals surface area contributed by atoms with E-state index in [1.807, 2.05) is 0 Å². The molecule has 2 aliphatic heterocycles. The first-order valence-electron chi connectivity index (χ1n) is 17.8. The second kappa shape index (κ2) is 12.0. The molecule has 0 radical (unpaired) electrons. The van der Waals surface area contributed by atoms with Crippen LogP contribution in [-0.4, -0.2) is 14.1 Å². The number of rotatable bonds is 4. The molecule has 0 amide bonds. The van der Waals surface area contributed by atoms with Crippen LogP contribution in [0.3, 0.4) is 0 Å². The molecule has 0 unspecified atom stereocenters. The van der Waals surface area contributed by atoms with Gasteiger partial charge in [0.25, 0.3) is 0 Å². The molecule has 3 aliphatic rings. The van der Waals surface area contributed by atoms with Crippen molar-refractivity contribution in [3.05, 3.63) is 177 Å². The van der Waals surface area contributed by atoms with Gasteiger partial charge in [0.1, 0.15) is 0 Å². The lowest BCUT2D eigenvalue weighted by Crippen LogP contribution is -2.15. The van der Waals surface area contributed by atoms with E-state index in [4.69, 9.17) is 0 Å². The molecule has 6 aromatic carbocycles. The standard InChI is InChI=1S/C49H40N2/c1-49(2)43-29-33(13-15-35-17-21-39-25-23-37-9-5-7-11-45(37)50(3)47(39)31-35)19-27-41(43)42-28-20-34(30-44(42)49)14-16-36-18-22-40-26-24-38-10-6-8-12-46(38)51(4)48(40)32-36/h5-32H,1-4H3. The Bertz CT molecular complexity index is 2310. The Morgan fingerprint density at radius 2 is 0.745 bits per heavy atom. The molecule has 0 saturated carbocycles. The highest BCUT2D eigenvalue weighted by atomic mass is 15.1. The Balaban J connectivity index is 0.963. The third-order valence-electron chi connectivity index (χ3n) is 11.0. The predicted octanol–water partition coefficient (Wildman–Crippen LogP) is 12.8. The van der Waals surface area contributed by atoms with E-state index in [0.29, 0.717) is 0 Å². The summed E-state index contributed by atoms with van der Waals surface area (Å²) in [6.07, 6.45) is 17.8. The lowest BCUT2D eigenvalue weighted by molar-refractivity contribution is 0.660. The summed E-state index contributed by atoms with van der Waals surface area (Å²) in [5.74, 6) is 0. The molecule has 51 heavy (non-hydrogen) atoms. The van der Waals surface area contributed by atoms with Crippen molar-refractivity contribution in [1.82, 2.24) is 0 Å². The number of anilines is 4. The van der Waals surface area contributed by atoms with Crippen molar-refractivity contribution < 1.29 is 0 Å². The fraction of sp³-hybridized carbons (Fsp3) is 0.102. The largest absolute Gasteiger partial charge is 0.344 e. The minimum Gasteiger partial charge on any atom is -0.344 e. The monoisotopic (exact) mass is 656 g/mol. The molecule has 9 rings (SSSR count). The molecular weight excluding hydrogens is 617 g/mol. The first-order valence-corrected chi connectivity index (χ1v) is 17.8. The van der Waals surface area contributed by atoms with Crippen LogP contribution in [0.4, 0.5) is 22.7 Å². The number of para-hydroxylation sites is 2. The summed E-state index contributed by atoms with van der Waals surface area (Å²) in [6.45, 7) is 4.72. The number of fused-ring (bicyclic) bond motifs is 7. The van der Waals surface area contributed by atoms with E-state index in [1.54, 1.807) is 0 Å². The normalized spacial score (nSPS) is 14.8. The number of nitrogens with zero attached hydrogens (tertiary/aromatic N) is 2. The van der Waals surface area contributed by atoms with E-state index in [2.05, 4.69) is 208 Å². The lowest BCUT2D eigenvalue weighted by atomic mass is 9.81. The van der Waals surface area contributed by atoms with Crippen LogP contribution in [0, 0.1) is 0 Å². The van der Waals surface area contributed by atoms with Gasteiger partial charge in [-0.3, -0.25) is 0 Å². The van der Waals surface area contributed by atoms with E-state index in [0.717, 1.165) is 0 Å². The summed E-state index contributed by atoms with van der Waals surface area (Å²) in [5, 5.41) is 0. The molecule has 246 valence electrons. The lowest BCUT2D eigenvalue weighted by Gasteiger charge is -2.22. The van der Waals surface area contributed by atoms with E-state index in [1.165, 1.54) is 89.5 Å². The van der Waals surface area contributed by atoms with Crippen LogP contribution < -0.4 is 9.80 Å². The van der Waals surface area contributed by atoms with Gasteiger partial charge in [-0.25, -0.2) is 0 Å². The number of benzene rings is 6. The van der Waals surface area contributed by atoms with Gasteiger partial charge < -0.3 is 9.80 Å². The maximum Gasteiger partial charge on any atom is 0.0487 e. The predicted molar refractivity (Wildman–Crippen MR) is 222 cm³/mol. The molecule has 0 fully saturated rings. The van der Waals surface area contributed by atoms with Gasteiger partial charge in [-0.15, -0.1) is 0 Å². The maximum absolute atomic E-state index is 2.38. The van der Waals surface area contributed by atoms with Crippen LogP contribution in [0.5, 0.6) is 0 Å². The zero-order valence-electron chi connectivity index (χ0n) is 29.6. The average molecular weight is 657 g/mol. The third-order valence-corrected chi connectivity index (χ3v) is 11.0. The van der Waals surface area contributed by atoms with Gasteiger partial charge in [0, 0.05) is 42.3 Å². The van der Waals surface area contributed by atoms with Gasteiger partial charge in [-0.05, 0) is 91.0 Å². The summed E-state index contributed by atoms with van der Waals surface area (Å²) in [6, 6.07) is 44.5. The van der Waals surface area contributed by atoms with Crippen molar-refractivity contribution in [3.8, 4) is 11.1 Å². The molecule has 0 spiro atoms. The van der Waals surface area contributed by atoms with E-state index < -0.39 is 0 Å². The van der Waals surface area contributed by atoms with Crippen molar-refractivity contribution in [1.29, 1.82) is 0 Å². The molecule has 0 bridgehead atoms. The van der Waals surface area contributed by atoms with Crippen molar-refractivity contribution >= 4 is 71.4 Å². The van der Waals surface area contributed by atoms with Crippen LogP contribution >= 0.6 is 0 Å². The van der Waals surface area contributed by atoms with Crippen molar-refractivity contribution in [3.63, 3.8) is 0 Å². The zero-order valence-corrected chi connectivity index (χ0v) is 29.6. The van der Waals surface area contributed by atoms with Gasteiger partial charge in [-0.1, -0.05) is 160 Å². The molecule has 1 aliphatic carbocycles. The fourth-order valence-corrected chi connectivity index (χ4v) is 8.04. The molecule has 0 N–H and O–H groups in total. The average Bonchev–Trinajstić information content (AvgIpc) is 3.24. The van der Waals surface area contributed by atoms with Crippen LogP contribution in [-0.2, 0) is 5.41 Å². The van der Waals surface area contributed by atoms with Gasteiger partial charge in [0.05, 0.1) is 0 Å².